The Hall–Kier alpha value is -1.47. The highest BCUT2D eigenvalue weighted by molar-refractivity contribution is 7.89. The quantitative estimate of drug-likeness (QED) is 0.898. The van der Waals surface area contributed by atoms with Crippen LogP contribution in [0.25, 0.3) is 0 Å². The van der Waals surface area contributed by atoms with Crippen LogP contribution in [0.15, 0.2) is 17.0 Å². The smallest absolute Gasteiger partial charge is 0.335 e. The second kappa shape index (κ2) is 5.66. The van der Waals surface area contributed by atoms with Crippen LogP contribution < -0.4 is 0 Å². The Labute approximate surface area is 111 Å². The van der Waals surface area contributed by atoms with Crippen molar-refractivity contribution in [2.75, 3.05) is 13.6 Å². The van der Waals surface area contributed by atoms with Gasteiger partial charge in [-0.05, 0) is 25.5 Å². The summed E-state index contributed by atoms with van der Waals surface area (Å²) in [5.74, 6) is -2.21. The molecular weight excluding hydrogens is 273 g/mol. The Bertz CT molecular complexity index is 598. The summed E-state index contributed by atoms with van der Waals surface area (Å²) >= 11 is 0. The van der Waals surface area contributed by atoms with Crippen LogP contribution in [-0.4, -0.2) is 37.4 Å². The van der Waals surface area contributed by atoms with Crippen LogP contribution in [0.2, 0.25) is 0 Å². The molecular formula is C12H16FNO4S. The van der Waals surface area contributed by atoms with E-state index in [0.717, 1.165) is 16.4 Å². The summed E-state index contributed by atoms with van der Waals surface area (Å²) in [5.41, 5.74) is -0.459. The molecule has 0 bridgehead atoms. The standard InChI is InChI=1S/C12H16FNO4S/c1-4-5-14(3)19(17,18)11-7-9(12(15)16)6-10(13)8(11)2/h6-7H,4-5H2,1-3H3,(H,15,16). The molecule has 1 aromatic rings. The van der Waals surface area contributed by atoms with Crippen molar-refractivity contribution in [1.29, 1.82) is 0 Å². The molecule has 0 aliphatic carbocycles. The molecule has 19 heavy (non-hydrogen) atoms. The molecule has 0 heterocycles. The molecule has 0 saturated heterocycles. The van der Waals surface area contributed by atoms with E-state index in [9.17, 15) is 17.6 Å². The van der Waals surface area contributed by atoms with Gasteiger partial charge in [0.1, 0.15) is 5.82 Å². The number of carbonyl (C=O) groups is 1. The third kappa shape index (κ3) is 3.10. The number of hydrogen-bond donors (Lipinski definition) is 1. The van der Waals surface area contributed by atoms with Gasteiger partial charge in [-0.2, -0.15) is 0 Å². The average molecular weight is 289 g/mol. The van der Waals surface area contributed by atoms with E-state index in [0.29, 0.717) is 6.42 Å². The minimum atomic E-state index is -3.88. The number of sulfonamides is 1. The molecule has 0 amide bonds. The van der Waals surface area contributed by atoms with Crippen LogP contribution in [0.1, 0.15) is 29.3 Å². The first-order valence-corrected chi connectivity index (χ1v) is 7.15. The van der Waals surface area contributed by atoms with Crippen molar-refractivity contribution in [3.05, 3.63) is 29.1 Å². The molecule has 0 aromatic heterocycles. The lowest BCUT2D eigenvalue weighted by Crippen LogP contribution is -2.28. The molecule has 0 unspecified atom stereocenters. The van der Waals surface area contributed by atoms with Crippen molar-refractivity contribution in [3.8, 4) is 0 Å². The van der Waals surface area contributed by atoms with Gasteiger partial charge in [-0.15, -0.1) is 0 Å². The van der Waals surface area contributed by atoms with Gasteiger partial charge in [0.15, 0.2) is 0 Å². The lowest BCUT2D eigenvalue weighted by molar-refractivity contribution is 0.0696. The maximum atomic E-state index is 13.6. The van der Waals surface area contributed by atoms with E-state index in [1.165, 1.54) is 14.0 Å². The van der Waals surface area contributed by atoms with E-state index in [4.69, 9.17) is 5.11 Å². The van der Waals surface area contributed by atoms with Gasteiger partial charge < -0.3 is 5.11 Å². The number of aromatic carboxylic acids is 1. The number of carboxylic acids is 1. The highest BCUT2D eigenvalue weighted by Crippen LogP contribution is 2.23. The van der Waals surface area contributed by atoms with Gasteiger partial charge in [0.05, 0.1) is 10.5 Å². The van der Waals surface area contributed by atoms with Crippen LogP contribution >= 0.6 is 0 Å². The highest BCUT2D eigenvalue weighted by Gasteiger charge is 2.25. The third-order valence-electron chi connectivity index (χ3n) is 2.77. The molecule has 0 atom stereocenters. The molecule has 0 aliphatic rings. The SMILES string of the molecule is CCCN(C)S(=O)(=O)c1cc(C(=O)O)cc(F)c1C. The minimum absolute atomic E-state index is 0.0760. The Morgan fingerprint density at radius 2 is 2.00 bits per heavy atom. The van der Waals surface area contributed by atoms with Crippen molar-refractivity contribution in [2.24, 2.45) is 0 Å². The lowest BCUT2D eigenvalue weighted by atomic mass is 10.1. The first kappa shape index (κ1) is 15.6. The summed E-state index contributed by atoms with van der Waals surface area (Å²) < 4.78 is 39.2. The Morgan fingerprint density at radius 3 is 2.47 bits per heavy atom. The fraction of sp³-hybridized carbons (Fsp3) is 0.417. The van der Waals surface area contributed by atoms with E-state index < -0.39 is 21.8 Å². The lowest BCUT2D eigenvalue weighted by Gasteiger charge is -2.18. The Balaban J connectivity index is 3.45. The van der Waals surface area contributed by atoms with E-state index in [1.807, 2.05) is 6.92 Å². The van der Waals surface area contributed by atoms with E-state index in [-0.39, 0.29) is 22.6 Å². The third-order valence-corrected chi connectivity index (χ3v) is 4.75. The zero-order valence-corrected chi connectivity index (χ0v) is 11.8. The Morgan fingerprint density at radius 1 is 1.42 bits per heavy atom. The summed E-state index contributed by atoms with van der Waals surface area (Å²) in [6.45, 7) is 3.40. The predicted octanol–water partition coefficient (Wildman–Crippen LogP) is 1.86. The second-order valence-electron chi connectivity index (χ2n) is 4.21. The molecule has 1 N–H and O–H groups in total. The van der Waals surface area contributed by atoms with Gasteiger partial charge in [0.25, 0.3) is 0 Å². The highest BCUT2D eigenvalue weighted by atomic mass is 32.2. The number of nitrogens with zero attached hydrogens (tertiary/aromatic N) is 1. The van der Waals surface area contributed by atoms with Crippen molar-refractivity contribution in [3.63, 3.8) is 0 Å². The topological polar surface area (TPSA) is 74.7 Å². The maximum absolute atomic E-state index is 13.6. The average Bonchev–Trinajstić information content (AvgIpc) is 2.32. The number of halogens is 1. The molecule has 1 aromatic carbocycles. The second-order valence-corrected chi connectivity index (χ2v) is 6.23. The van der Waals surface area contributed by atoms with Crippen molar-refractivity contribution < 1.29 is 22.7 Å². The van der Waals surface area contributed by atoms with Gasteiger partial charge in [-0.1, -0.05) is 6.92 Å². The van der Waals surface area contributed by atoms with Crippen molar-refractivity contribution >= 4 is 16.0 Å². The van der Waals surface area contributed by atoms with Gasteiger partial charge in [-0.3, -0.25) is 0 Å². The molecule has 0 saturated carbocycles. The molecule has 1 rings (SSSR count). The van der Waals surface area contributed by atoms with Crippen molar-refractivity contribution in [2.45, 2.75) is 25.2 Å². The van der Waals surface area contributed by atoms with Crippen molar-refractivity contribution in [1.82, 2.24) is 4.31 Å². The zero-order chi connectivity index (χ0) is 14.8. The number of hydrogen-bond acceptors (Lipinski definition) is 3. The van der Waals surface area contributed by atoms with Crippen LogP contribution in [0.4, 0.5) is 4.39 Å². The number of rotatable bonds is 5. The fourth-order valence-corrected chi connectivity index (χ4v) is 3.17. The first-order chi connectivity index (χ1) is 8.71. The summed E-state index contributed by atoms with van der Waals surface area (Å²) in [7, 11) is -2.50. The van der Waals surface area contributed by atoms with Gasteiger partial charge >= 0.3 is 5.97 Å². The molecule has 106 valence electrons. The summed E-state index contributed by atoms with van der Waals surface area (Å²) in [4.78, 5) is 10.6. The van der Waals surface area contributed by atoms with E-state index in [2.05, 4.69) is 0 Å². The predicted molar refractivity (Wildman–Crippen MR) is 68.2 cm³/mol. The molecule has 5 nitrogen and oxygen atoms in total. The number of carboxylic acid groups (broad SMARTS) is 1. The fourth-order valence-electron chi connectivity index (χ4n) is 1.65. The summed E-state index contributed by atoms with van der Waals surface area (Å²) in [5, 5.41) is 8.86. The molecule has 0 fully saturated rings. The van der Waals surface area contributed by atoms with Gasteiger partial charge in [0.2, 0.25) is 10.0 Å². The monoisotopic (exact) mass is 289 g/mol. The molecule has 7 heteroatoms. The van der Waals surface area contributed by atoms with Crippen LogP contribution in [0.5, 0.6) is 0 Å². The van der Waals surface area contributed by atoms with E-state index >= 15 is 0 Å². The Kier molecular flexibility index (Phi) is 4.65. The van der Waals surface area contributed by atoms with Gasteiger partial charge in [-0.25, -0.2) is 21.9 Å². The van der Waals surface area contributed by atoms with E-state index in [1.54, 1.807) is 0 Å². The summed E-state index contributed by atoms with van der Waals surface area (Å²) in [6, 6.07) is 1.80. The molecule has 0 aliphatic heterocycles. The van der Waals surface area contributed by atoms with Gasteiger partial charge in [0, 0.05) is 19.2 Å². The zero-order valence-electron chi connectivity index (χ0n) is 11.0. The van der Waals surface area contributed by atoms with Crippen LogP contribution in [-0.2, 0) is 10.0 Å². The maximum Gasteiger partial charge on any atom is 0.335 e. The molecule has 0 spiro atoms. The normalized spacial score (nSPS) is 11.8. The number of benzene rings is 1. The van der Waals surface area contributed by atoms with Crippen LogP contribution in [0, 0.1) is 12.7 Å². The van der Waals surface area contributed by atoms with Crippen LogP contribution in [0.3, 0.4) is 0 Å². The largest absolute Gasteiger partial charge is 0.478 e. The molecule has 0 radical (unpaired) electrons. The first-order valence-electron chi connectivity index (χ1n) is 5.71. The minimum Gasteiger partial charge on any atom is -0.478 e. The summed E-state index contributed by atoms with van der Waals surface area (Å²) in [6.07, 6.45) is 0.607.